The Bertz CT molecular complexity index is 470. The van der Waals surface area contributed by atoms with Crippen molar-refractivity contribution in [1.29, 1.82) is 0 Å². The molecule has 0 atom stereocenters. The van der Waals surface area contributed by atoms with E-state index in [2.05, 4.69) is 5.32 Å². The maximum Gasteiger partial charge on any atom is 0.261 e. The first-order valence-electron chi connectivity index (χ1n) is 7.62. The summed E-state index contributed by atoms with van der Waals surface area (Å²) >= 11 is 1.37. The van der Waals surface area contributed by atoms with Gasteiger partial charge in [0.1, 0.15) is 0 Å². The van der Waals surface area contributed by atoms with Crippen LogP contribution in [-0.2, 0) is 9.53 Å². The molecular weight excluding hydrogens is 302 g/mol. The second-order valence-corrected chi connectivity index (χ2v) is 6.20. The molecule has 7 heteroatoms. The molecule has 0 saturated carbocycles. The van der Waals surface area contributed by atoms with E-state index < -0.39 is 0 Å². The van der Waals surface area contributed by atoms with Crippen LogP contribution in [0.15, 0.2) is 17.5 Å². The first-order valence-corrected chi connectivity index (χ1v) is 8.50. The molecule has 0 aromatic carbocycles. The van der Waals surface area contributed by atoms with E-state index in [1.54, 1.807) is 11.0 Å². The van der Waals surface area contributed by atoms with Gasteiger partial charge in [0.2, 0.25) is 5.91 Å². The number of piperidine rings is 1. The molecule has 1 aliphatic heterocycles. The van der Waals surface area contributed by atoms with Crippen LogP contribution in [-0.4, -0.2) is 55.6 Å². The van der Waals surface area contributed by atoms with Crippen molar-refractivity contribution in [2.75, 3.05) is 32.8 Å². The molecule has 0 aliphatic carbocycles. The summed E-state index contributed by atoms with van der Waals surface area (Å²) in [6.07, 6.45) is 2.77. The van der Waals surface area contributed by atoms with E-state index in [0.717, 1.165) is 19.3 Å². The first-order chi connectivity index (χ1) is 10.7. The van der Waals surface area contributed by atoms with Crippen LogP contribution in [0.25, 0.3) is 0 Å². The van der Waals surface area contributed by atoms with Crippen molar-refractivity contribution < 1.29 is 14.3 Å². The smallest absolute Gasteiger partial charge is 0.261 e. The van der Waals surface area contributed by atoms with Crippen molar-refractivity contribution in [3.8, 4) is 0 Å². The van der Waals surface area contributed by atoms with Crippen LogP contribution in [0, 0.1) is 0 Å². The molecule has 1 aromatic heterocycles. The molecule has 0 radical (unpaired) electrons. The van der Waals surface area contributed by atoms with Gasteiger partial charge in [-0.25, -0.2) is 0 Å². The van der Waals surface area contributed by atoms with Gasteiger partial charge in [0, 0.05) is 19.7 Å². The fourth-order valence-electron chi connectivity index (χ4n) is 2.37. The van der Waals surface area contributed by atoms with Gasteiger partial charge in [0.15, 0.2) is 0 Å². The van der Waals surface area contributed by atoms with Crippen molar-refractivity contribution in [2.24, 2.45) is 5.73 Å². The van der Waals surface area contributed by atoms with E-state index in [9.17, 15) is 9.59 Å². The number of carbonyl (C=O) groups is 2. The van der Waals surface area contributed by atoms with E-state index in [-0.39, 0.29) is 24.5 Å². The highest BCUT2D eigenvalue weighted by Gasteiger charge is 2.23. The third-order valence-electron chi connectivity index (χ3n) is 3.64. The summed E-state index contributed by atoms with van der Waals surface area (Å²) < 4.78 is 5.71. The van der Waals surface area contributed by atoms with E-state index >= 15 is 0 Å². The Balaban J connectivity index is 1.66. The highest BCUT2D eigenvalue weighted by atomic mass is 32.1. The molecule has 1 aliphatic rings. The number of carbonyl (C=O) groups excluding carboxylic acids is 2. The Kier molecular flexibility index (Phi) is 6.82. The highest BCUT2D eigenvalue weighted by Crippen LogP contribution is 2.14. The zero-order chi connectivity index (χ0) is 15.8. The van der Waals surface area contributed by atoms with Crippen molar-refractivity contribution >= 4 is 23.2 Å². The molecule has 3 N–H and O–H groups in total. The van der Waals surface area contributed by atoms with Gasteiger partial charge in [-0.3, -0.25) is 9.59 Å². The number of nitrogens with one attached hydrogen (secondary N) is 1. The first kappa shape index (κ1) is 16.9. The quantitative estimate of drug-likeness (QED) is 0.727. The minimum Gasteiger partial charge on any atom is -0.378 e. The van der Waals surface area contributed by atoms with Crippen molar-refractivity contribution in [2.45, 2.75) is 25.4 Å². The number of thiophene rings is 1. The summed E-state index contributed by atoms with van der Waals surface area (Å²) in [5.74, 6) is -0.228. The fourth-order valence-corrected chi connectivity index (χ4v) is 3.01. The van der Waals surface area contributed by atoms with Gasteiger partial charge in [0.05, 0.1) is 17.5 Å². The molecular formula is C15H23N3O3S. The van der Waals surface area contributed by atoms with Gasteiger partial charge in [-0.15, -0.1) is 11.3 Å². The average Bonchev–Trinajstić information content (AvgIpc) is 3.08. The number of amides is 2. The van der Waals surface area contributed by atoms with Crippen LogP contribution in [0.5, 0.6) is 0 Å². The maximum atomic E-state index is 12.1. The fraction of sp³-hybridized carbons (Fsp3) is 0.600. The molecule has 2 amide bonds. The van der Waals surface area contributed by atoms with Crippen LogP contribution >= 0.6 is 11.3 Å². The Morgan fingerprint density at radius 3 is 2.82 bits per heavy atom. The summed E-state index contributed by atoms with van der Waals surface area (Å²) in [5, 5.41) is 4.51. The lowest BCUT2D eigenvalue weighted by Crippen LogP contribution is -2.45. The molecule has 0 unspecified atom stereocenters. The number of ether oxygens (including phenoxy) is 1. The largest absolute Gasteiger partial charge is 0.378 e. The molecule has 1 saturated heterocycles. The van der Waals surface area contributed by atoms with E-state index in [4.69, 9.17) is 10.5 Å². The topological polar surface area (TPSA) is 84.7 Å². The van der Waals surface area contributed by atoms with Crippen LogP contribution in [0.2, 0.25) is 0 Å². The standard InChI is InChI=1S/C15H23N3O3S/c16-6-2-9-21-12-4-7-18(8-5-12)14(19)11-17-15(20)13-3-1-10-22-13/h1,3,10,12H,2,4-9,11,16H2,(H,17,20). The molecule has 22 heavy (non-hydrogen) atoms. The minimum atomic E-state index is -0.191. The predicted molar refractivity (Wildman–Crippen MR) is 85.9 cm³/mol. The van der Waals surface area contributed by atoms with Gasteiger partial charge < -0.3 is 20.7 Å². The number of nitrogens with zero attached hydrogens (tertiary/aromatic N) is 1. The molecule has 0 bridgehead atoms. The summed E-state index contributed by atoms with van der Waals surface area (Å²) in [4.78, 5) is 26.3. The van der Waals surface area contributed by atoms with Gasteiger partial charge in [0.25, 0.3) is 5.91 Å². The number of rotatable bonds is 7. The molecule has 6 nitrogen and oxygen atoms in total. The average molecular weight is 325 g/mol. The van der Waals surface area contributed by atoms with E-state index in [1.165, 1.54) is 11.3 Å². The molecule has 0 spiro atoms. The Morgan fingerprint density at radius 2 is 2.18 bits per heavy atom. The second kappa shape index (κ2) is 8.87. The third-order valence-corrected chi connectivity index (χ3v) is 4.51. The van der Waals surface area contributed by atoms with Crippen LogP contribution < -0.4 is 11.1 Å². The van der Waals surface area contributed by atoms with E-state index in [1.807, 2.05) is 11.4 Å². The summed E-state index contributed by atoms with van der Waals surface area (Å²) in [7, 11) is 0. The summed E-state index contributed by atoms with van der Waals surface area (Å²) in [5.41, 5.74) is 5.43. The van der Waals surface area contributed by atoms with Gasteiger partial charge in [-0.2, -0.15) is 0 Å². The molecule has 122 valence electrons. The van der Waals surface area contributed by atoms with Gasteiger partial charge >= 0.3 is 0 Å². The lowest BCUT2D eigenvalue weighted by atomic mass is 10.1. The maximum absolute atomic E-state index is 12.1. The zero-order valence-electron chi connectivity index (χ0n) is 12.6. The van der Waals surface area contributed by atoms with Crippen molar-refractivity contribution in [1.82, 2.24) is 10.2 Å². The Hall–Kier alpha value is -1.44. The number of hydrogen-bond acceptors (Lipinski definition) is 5. The normalized spacial score (nSPS) is 15.8. The lowest BCUT2D eigenvalue weighted by molar-refractivity contribution is -0.132. The third kappa shape index (κ3) is 5.08. The minimum absolute atomic E-state index is 0.0367. The Labute approximate surface area is 134 Å². The second-order valence-electron chi connectivity index (χ2n) is 5.25. The van der Waals surface area contributed by atoms with Crippen LogP contribution in [0.4, 0.5) is 0 Å². The molecule has 1 aromatic rings. The van der Waals surface area contributed by atoms with Gasteiger partial charge in [-0.05, 0) is 37.3 Å². The summed E-state index contributed by atoms with van der Waals surface area (Å²) in [6.45, 7) is 2.74. The molecule has 2 heterocycles. The molecule has 2 rings (SSSR count). The van der Waals surface area contributed by atoms with Crippen LogP contribution in [0.1, 0.15) is 28.9 Å². The molecule has 1 fully saturated rings. The number of hydrogen-bond donors (Lipinski definition) is 2. The van der Waals surface area contributed by atoms with Gasteiger partial charge in [-0.1, -0.05) is 6.07 Å². The summed E-state index contributed by atoms with van der Waals surface area (Å²) in [6, 6.07) is 3.56. The van der Waals surface area contributed by atoms with Crippen molar-refractivity contribution in [3.05, 3.63) is 22.4 Å². The Morgan fingerprint density at radius 1 is 1.41 bits per heavy atom. The predicted octanol–water partition coefficient (Wildman–Crippen LogP) is 0.834. The zero-order valence-corrected chi connectivity index (χ0v) is 13.4. The number of likely N-dealkylation sites (tertiary alicyclic amines) is 1. The SMILES string of the molecule is NCCCOC1CCN(C(=O)CNC(=O)c2cccs2)CC1. The van der Waals surface area contributed by atoms with Crippen molar-refractivity contribution in [3.63, 3.8) is 0 Å². The highest BCUT2D eigenvalue weighted by molar-refractivity contribution is 7.12. The van der Waals surface area contributed by atoms with Crippen LogP contribution in [0.3, 0.4) is 0 Å². The lowest BCUT2D eigenvalue weighted by Gasteiger charge is -2.32. The number of nitrogens with two attached hydrogens (primary N) is 1. The monoisotopic (exact) mass is 325 g/mol. The van der Waals surface area contributed by atoms with E-state index in [0.29, 0.717) is 31.1 Å².